The van der Waals surface area contributed by atoms with Gasteiger partial charge in [-0.05, 0) is 30.0 Å². The van der Waals surface area contributed by atoms with Crippen molar-refractivity contribution < 1.29 is 27.5 Å². The number of hydrogen-bond acceptors (Lipinski definition) is 3. The highest BCUT2D eigenvalue weighted by Crippen LogP contribution is 2.38. The van der Waals surface area contributed by atoms with Gasteiger partial charge in [0.1, 0.15) is 0 Å². The minimum Gasteiger partial charge on any atom is -0.340 e. The molecule has 0 unspecified atom stereocenters. The first-order valence-electron chi connectivity index (χ1n) is 7.61. The van der Waals surface area contributed by atoms with Gasteiger partial charge in [-0.1, -0.05) is 32.9 Å². The molecule has 5 nitrogen and oxygen atoms in total. The van der Waals surface area contributed by atoms with Crippen LogP contribution >= 0.6 is 0 Å². The van der Waals surface area contributed by atoms with E-state index in [-0.39, 0.29) is 24.6 Å². The van der Waals surface area contributed by atoms with E-state index in [9.17, 15) is 22.8 Å². The van der Waals surface area contributed by atoms with Crippen molar-refractivity contribution in [3.8, 4) is 0 Å². The largest absolute Gasteiger partial charge is 0.446 e. The van der Waals surface area contributed by atoms with Gasteiger partial charge in [0.25, 0.3) is 5.91 Å². The Hall–Kier alpha value is -2.09. The number of benzene rings is 1. The maximum atomic E-state index is 13.4. The van der Waals surface area contributed by atoms with Gasteiger partial charge in [0.2, 0.25) is 0 Å². The molecule has 24 heavy (non-hydrogen) atoms. The zero-order valence-electron chi connectivity index (χ0n) is 13.6. The van der Waals surface area contributed by atoms with E-state index < -0.39 is 23.8 Å². The lowest BCUT2D eigenvalue weighted by Crippen LogP contribution is -2.60. The van der Waals surface area contributed by atoms with E-state index in [2.05, 4.69) is 0 Å². The summed E-state index contributed by atoms with van der Waals surface area (Å²) in [5.74, 6) is -1.27. The standard InChI is InChI=1S/C16H19F3N2O3/c1-4-9-24-15(16(17,18)19)13(22)21(14(23)20-15)12-7-5-11(6-8-12)10(2)3/h5-8,10H,4,9H2,1-3H3,(H,20,23)/t15-/m1/s1. The Morgan fingerprint density at radius 3 is 2.25 bits per heavy atom. The molecule has 1 fully saturated rings. The summed E-state index contributed by atoms with van der Waals surface area (Å²) in [4.78, 5) is 24.9. The van der Waals surface area contributed by atoms with Crippen LogP contribution in [0.25, 0.3) is 0 Å². The Kier molecular flexibility index (Phi) is 4.89. The Balaban J connectivity index is 2.39. The number of hydrogen-bond donors (Lipinski definition) is 1. The van der Waals surface area contributed by atoms with E-state index in [1.807, 2.05) is 13.8 Å². The van der Waals surface area contributed by atoms with Gasteiger partial charge in [0.15, 0.2) is 0 Å². The highest BCUT2D eigenvalue weighted by Gasteiger charge is 2.69. The zero-order valence-corrected chi connectivity index (χ0v) is 13.6. The molecule has 0 spiro atoms. The number of carbonyl (C=O) groups excluding carboxylic acids is 2. The molecule has 0 saturated carbocycles. The van der Waals surface area contributed by atoms with Gasteiger partial charge in [-0.25, -0.2) is 9.69 Å². The topological polar surface area (TPSA) is 58.6 Å². The lowest BCUT2D eigenvalue weighted by molar-refractivity contribution is -0.269. The average molecular weight is 344 g/mol. The molecule has 2 rings (SSSR count). The van der Waals surface area contributed by atoms with Gasteiger partial charge in [0.05, 0.1) is 12.3 Å². The van der Waals surface area contributed by atoms with Gasteiger partial charge < -0.3 is 4.74 Å². The third-order valence-corrected chi connectivity index (χ3v) is 3.73. The molecule has 132 valence electrons. The second kappa shape index (κ2) is 6.43. The van der Waals surface area contributed by atoms with Crippen LogP contribution in [-0.2, 0) is 9.53 Å². The quantitative estimate of drug-likeness (QED) is 0.831. The fourth-order valence-electron chi connectivity index (χ4n) is 2.38. The summed E-state index contributed by atoms with van der Waals surface area (Å²) in [6.07, 6.45) is -4.80. The second-order valence-electron chi connectivity index (χ2n) is 5.84. The van der Waals surface area contributed by atoms with E-state index in [0.717, 1.165) is 5.56 Å². The maximum Gasteiger partial charge on any atom is 0.446 e. The number of rotatable bonds is 5. The summed E-state index contributed by atoms with van der Waals surface area (Å²) in [6.45, 7) is 5.20. The first-order chi connectivity index (χ1) is 11.1. The van der Waals surface area contributed by atoms with Gasteiger partial charge in [-0.3, -0.25) is 10.1 Å². The summed E-state index contributed by atoms with van der Waals surface area (Å²) in [7, 11) is 0. The number of nitrogens with one attached hydrogen (secondary N) is 1. The molecule has 1 heterocycles. The van der Waals surface area contributed by atoms with Crippen LogP contribution in [0.5, 0.6) is 0 Å². The van der Waals surface area contributed by atoms with Crippen molar-refractivity contribution in [3.05, 3.63) is 29.8 Å². The molecule has 0 bridgehead atoms. The van der Waals surface area contributed by atoms with Crippen LogP contribution in [0.2, 0.25) is 0 Å². The number of urea groups is 1. The zero-order chi connectivity index (χ0) is 18.1. The molecule has 0 aromatic heterocycles. The van der Waals surface area contributed by atoms with Crippen LogP contribution < -0.4 is 10.2 Å². The van der Waals surface area contributed by atoms with E-state index >= 15 is 0 Å². The van der Waals surface area contributed by atoms with Crippen LogP contribution in [0.15, 0.2) is 24.3 Å². The van der Waals surface area contributed by atoms with Crippen LogP contribution in [0.1, 0.15) is 38.7 Å². The highest BCUT2D eigenvalue weighted by molar-refractivity contribution is 6.23. The number of carbonyl (C=O) groups is 2. The summed E-state index contributed by atoms with van der Waals surface area (Å²) in [6, 6.07) is 5.06. The number of imide groups is 1. The lowest BCUT2D eigenvalue weighted by atomic mass is 10.0. The van der Waals surface area contributed by atoms with Crippen LogP contribution in [0.3, 0.4) is 0 Å². The molecule has 3 amide bonds. The molecular formula is C16H19F3N2O3. The lowest BCUT2D eigenvalue weighted by Gasteiger charge is -2.28. The first kappa shape index (κ1) is 18.3. The predicted molar refractivity (Wildman–Crippen MR) is 81.6 cm³/mol. The minimum absolute atomic E-state index is 0.0631. The molecule has 1 aliphatic heterocycles. The number of ether oxygens (including phenoxy) is 1. The Bertz CT molecular complexity index is 628. The van der Waals surface area contributed by atoms with Crippen molar-refractivity contribution in [1.82, 2.24) is 5.32 Å². The molecule has 1 atom stereocenters. The van der Waals surface area contributed by atoms with Gasteiger partial charge in [-0.2, -0.15) is 13.2 Å². The molecule has 1 N–H and O–H groups in total. The molecule has 1 aliphatic rings. The number of amides is 3. The van der Waals surface area contributed by atoms with Crippen molar-refractivity contribution in [2.45, 2.75) is 45.0 Å². The van der Waals surface area contributed by atoms with Gasteiger partial charge in [-0.15, -0.1) is 0 Å². The third-order valence-electron chi connectivity index (χ3n) is 3.73. The summed E-state index contributed by atoms with van der Waals surface area (Å²) < 4.78 is 45.1. The Morgan fingerprint density at radius 2 is 1.79 bits per heavy atom. The normalized spacial score (nSPS) is 21.5. The van der Waals surface area contributed by atoms with Gasteiger partial charge in [0, 0.05) is 0 Å². The van der Waals surface area contributed by atoms with Crippen molar-refractivity contribution in [2.75, 3.05) is 11.5 Å². The van der Waals surface area contributed by atoms with Gasteiger partial charge >= 0.3 is 17.9 Å². The van der Waals surface area contributed by atoms with Crippen molar-refractivity contribution in [3.63, 3.8) is 0 Å². The summed E-state index contributed by atoms with van der Waals surface area (Å²) in [5, 5.41) is 1.67. The Labute approximate surface area is 137 Å². The molecule has 1 saturated heterocycles. The average Bonchev–Trinajstić information content (AvgIpc) is 2.76. The third kappa shape index (κ3) is 2.98. The van der Waals surface area contributed by atoms with Crippen molar-refractivity contribution in [1.29, 1.82) is 0 Å². The molecule has 1 aromatic carbocycles. The Morgan fingerprint density at radius 1 is 1.21 bits per heavy atom. The highest BCUT2D eigenvalue weighted by atomic mass is 19.4. The van der Waals surface area contributed by atoms with E-state index in [1.54, 1.807) is 24.4 Å². The fraction of sp³-hybridized carbons (Fsp3) is 0.500. The smallest absolute Gasteiger partial charge is 0.340 e. The van der Waals surface area contributed by atoms with Crippen molar-refractivity contribution >= 4 is 17.6 Å². The number of halogens is 3. The fourth-order valence-corrected chi connectivity index (χ4v) is 2.38. The summed E-state index contributed by atoms with van der Waals surface area (Å²) in [5.41, 5.74) is -2.33. The molecule has 1 aromatic rings. The van der Waals surface area contributed by atoms with Crippen molar-refractivity contribution in [2.24, 2.45) is 0 Å². The second-order valence-corrected chi connectivity index (χ2v) is 5.84. The SMILES string of the molecule is CCCO[C@]1(C(F)(F)F)NC(=O)N(c2ccc(C(C)C)cc2)C1=O. The van der Waals surface area contributed by atoms with Crippen LogP contribution in [0, 0.1) is 0 Å². The van der Waals surface area contributed by atoms with E-state index in [0.29, 0.717) is 4.90 Å². The van der Waals surface area contributed by atoms with E-state index in [1.165, 1.54) is 12.1 Å². The monoisotopic (exact) mass is 344 g/mol. The predicted octanol–water partition coefficient (Wildman–Crippen LogP) is 3.55. The minimum atomic E-state index is -5.07. The number of alkyl halides is 3. The number of anilines is 1. The van der Waals surface area contributed by atoms with Crippen LogP contribution in [-0.4, -0.2) is 30.4 Å². The molecule has 0 aliphatic carbocycles. The van der Waals surface area contributed by atoms with Crippen LogP contribution in [0.4, 0.5) is 23.7 Å². The maximum absolute atomic E-state index is 13.4. The first-order valence-corrected chi connectivity index (χ1v) is 7.61. The van der Waals surface area contributed by atoms with E-state index in [4.69, 9.17) is 4.74 Å². The summed E-state index contributed by atoms with van der Waals surface area (Å²) >= 11 is 0. The number of nitrogens with zero attached hydrogens (tertiary/aromatic N) is 1. The molecule has 8 heteroatoms. The molecule has 0 radical (unpaired) electrons. The molecular weight excluding hydrogens is 325 g/mol.